The summed E-state index contributed by atoms with van der Waals surface area (Å²) in [6.45, 7) is 5.84. The molecule has 1 fully saturated rings. The van der Waals surface area contributed by atoms with Crippen molar-refractivity contribution < 1.29 is 36.7 Å². The summed E-state index contributed by atoms with van der Waals surface area (Å²) in [5.74, 6) is -1.85. The minimum atomic E-state index is -4.68. The van der Waals surface area contributed by atoms with Crippen LogP contribution in [0.5, 0.6) is 0 Å². The quantitative estimate of drug-likeness (QED) is 0.659. The molecule has 2 rings (SSSR count). The van der Waals surface area contributed by atoms with Gasteiger partial charge in [0, 0.05) is 31.6 Å². The predicted molar refractivity (Wildman–Crippen MR) is 107 cm³/mol. The van der Waals surface area contributed by atoms with Crippen LogP contribution in [-0.4, -0.2) is 47.0 Å². The van der Waals surface area contributed by atoms with E-state index in [-0.39, 0.29) is 24.4 Å². The molecule has 1 aromatic carbocycles. The number of alkyl halides is 3. The number of benzene rings is 1. The zero-order valence-corrected chi connectivity index (χ0v) is 18.3. The van der Waals surface area contributed by atoms with Gasteiger partial charge in [0.15, 0.2) is 0 Å². The van der Waals surface area contributed by atoms with Crippen LogP contribution in [0.2, 0.25) is 0 Å². The molecule has 1 heterocycles. The molecular formula is C21H27F4N3O4. The van der Waals surface area contributed by atoms with Crippen molar-refractivity contribution in [2.24, 2.45) is 0 Å². The molecule has 7 nitrogen and oxygen atoms in total. The highest BCUT2D eigenvalue weighted by Gasteiger charge is 2.38. The van der Waals surface area contributed by atoms with Crippen molar-refractivity contribution in [1.82, 2.24) is 15.5 Å². The molecule has 0 saturated carbocycles. The SMILES string of the molecule is CC(=O)NC[C@@H]1CC[C@@H](NC(=O)OC(C)(C)C)C(=O)N1Cc1cc(C(F)(F)F)ccc1F. The zero-order valence-electron chi connectivity index (χ0n) is 18.3. The van der Waals surface area contributed by atoms with Gasteiger partial charge in [0.25, 0.3) is 0 Å². The van der Waals surface area contributed by atoms with E-state index in [0.29, 0.717) is 24.6 Å². The number of ether oxygens (including phenoxy) is 1. The number of carbonyl (C=O) groups is 3. The number of nitrogens with zero attached hydrogens (tertiary/aromatic N) is 1. The van der Waals surface area contributed by atoms with Crippen molar-refractivity contribution >= 4 is 17.9 Å². The second-order valence-corrected chi connectivity index (χ2v) is 8.64. The topological polar surface area (TPSA) is 87.7 Å². The summed E-state index contributed by atoms with van der Waals surface area (Å²) >= 11 is 0. The maximum absolute atomic E-state index is 14.3. The van der Waals surface area contributed by atoms with Crippen LogP contribution in [0, 0.1) is 5.82 Å². The Labute approximate surface area is 183 Å². The lowest BCUT2D eigenvalue weighted by Crippen LogP contribution is -2.58. The molecule has 2 atom stereocenters. The molecule has 0 unspecified atom stereocenters. The van der Waals surface area contributed by atoms with Crippen molar-refractivity contribution in [3.63, 3.8) is 0 Å². The number of alkyl carbamates (subject to hydrolysis) is 1. The van der Waals surface area contributed by atoms with Crippen molar-refractivity contribution in [3.05, 3.63) is 35.1 Å². The molecule has 1 aliphatic heterocycles. The van der Waals surface area contributed by atoms with Crippen LogP contribution in [0.3, 0.4) is 0 Å². The monoisotopic (exact) mass is 461 g/mol. The van der Waals surface area contributed by atoms with Gasteiger partial charge in [-0.05, 0) is 51.8 Å². The van der Waals surface area contributed by atoms with E-state index in [0.717, 1.165) is 0 Å². The first-order valence-corrected chi connectivity index (χ1v) is 10.1. The Hall–Kier alpha value is -2.85. The Morgan fingerprint density at radius 3 is 2.41 bits per heavy atom. The predicted octanol–water partition coefficient (Wildman–Crippen LogP) is 3.36. The number of rotatable bonds is 5. The Kier molecular flexibility index (Phi) is 7.74. The minimum Gasteiger partial charge on any atom is -0.444 e. The Bertz CT molecular complexity index is 868. The summed E-state index contributed by atoms with van der Waals surface area (Å²) in [7, 11) is 0. The van der Waals surface area contributed by atoms with Crippen molar-refractivity contribution in [3.8, 4) is 0 Å². The summed E-state index contributed by atoms with van der Waals surface area (Å²) < 4.78 is 58.7. The average molecular weight is 461 g/mol. The molecule has 0 bridgehead atoms. The van der Waals surface area contributed by atoms with E-state index < -0.39 is 53.8 Å². The number of amides is 3. The highest BCUT2D eigenvalue weighted by molar-refractivity contribution is 5.86. The van der Waals surface area contributed by atoms with E-state index in [9.17, 15) is 31.9 Å². The third kappa shape index (κ3) is 7.10. The molecule has 0 aromatic heterocycles. The summed E-state index contributed by atoms with van der Waals surface area (Å²) in [5, 5.41) is 5.03. The molecule has 0 aliphatic carbocycles. The fourth-order valence-electron chi connectivity index (χ4n) is 3.34. The van der Waals surface area contributed by atoms with Gasteiger partial charge in [-0.15, -0.1) is 0 Å². The molecule has 1 saturated heterocycles. The molecule has 0 radical (unpaired) electrons. The second-order valence-electron chi connectivity index (χ2n) is 8.64. The first-order valence-electron chi connectivity index (χ1n) is 10.1. The summed E-state index contributed by atoms with van der Waals surface area (Å²) in [6, 6.07) is 0.400. The summed E-state index contributed by atoms with van der Waals surface area (Å²) in [4.78, 5) is 37.7. The van der Waals surface area contributed by atoms with Crippen LogP contribution < -0.4 is 10.6 Å². The second kappa shape index (κ2) is 9.74. The van der Waals surface area contributed by atoms with E-state index in [4.69, 9.17) is 4.74 Å². The minimum absolute atomic E-state index is 0.0425. The Balaban J connectivity index is 2.27. The highest BCUT2D eigenvalue weighted by Crippen LogP contribution is 2.31. The normalized spacial score (nSPS) is 19.5. The molecule has 178 valence electrons. The lowest BCUT2D eigenvalue weighted by Gasteiger charge is -2.39. The number of piperidine rings is 1. The third-order valence-electron chi connectivity index (χ3n) is 4.80. The van der Waals surface area contributed by atoms with Crippen LogP contribution in [-0.2, 0) is 27.0 Å². The number of likely N-dealkylation sites (tertiary alicyclic amines) is 1. The first kappa shape index (κ1) is 25.4. The maximum Gasteiger partial charge on any atom is 0.416 e. The average Bonchev–Trinajstić information content (AvgIpc) is 2.63. The highest BCUT2D eigenvalue weighted by atomic mass is 19.4. The van der Waals surface area contributed by atoms with Crippen molar-refractivity contribution in [2.45, 2.75) is 70.9 Å². The Morgan fingerprint density at radius 1 is 1.19 bits per heavy atom. The fraction of sp³-hybridized carbons (Fsp3) is 0.571. The van der Waals surface area contributed by atoms with E-state index in [1.54, 1.807) is 20.8 Å². The fourth-order valence-corrected chi connectivity index (χ4v) is 3.34. The Morgan fingerprint density at radius 2 is 1.84 bits per heavy atom. The van der Waals surface area contributed by atoms with Gasteiger partial charge in [-0.2, -0.15) is 13.2 Å². The van der Waals surface area contributed by atoms with Crippen LogP contribution in [0.4, 0.5) is 22.4 Å². The number of carbonyl (C=O) groups excluding carboxylic acids is 3. The number of halogens is 4. The summed E-state index contributed by atoms with van der Waals surface area (Å²) in [5.41, 5.74) is -2.16. The first-order chi connectivity index (χ1) is 14.7. The van der Waals surface area contributed by atoms with Crippen LogP contribution in [0.1, 0.15) is 51.7 Å². The number of hydrogen-bond acceptors (Lipinski definition) is 4. The molecule has 2 N–H and O–H groups in total. The van der Waals surface area contributed by atoms with E-state index in [2.05, 4.69) is 10.6 Å². The number of hydrogen-bond donors (Lipinski definition) is 2. The van der Waals surface area contributed by atoms with Crippen LogP contribution in [0.25, 0.3) is 0 Å². The lowest BCUT2D eigenvalue weighted by molar-refractivity contribution is -0.140. The maximum atomic E-state index is 14.3. The van der Waals surface area contributed by atoms with Gasteiger partial charge in [0.1, 0.15) is 17.5 Å². The lowest BCUT2D eigenvalue weighted by atomic mass is 9.96. The molecule has 0 spiro atoms. The third-order valence-corrected chi connectivity index (χ3v) is 4.80. The van der Waals surface area contributed by atoms with E-state index in [1.807, 2.05) is 0 Å². The molecule has 3 amide bonds. The van der Waals surface area contributed by atoms with Gasteiger partial charge in [-0.1, -0.05) is 0 Å². The van der Waals surface area contributed by atoms with Gasteiger partial charge < -0.3 is 20.3 Å². The van der Waals surface area contributed by atoms with Gasteiger partial charge >= 0.3 is 12.3 Å². The van der Waals surface area contributed by atoms with Crippen molar-refractivity contribution in [2.75, 3.05) is 6.54 Å². The van der Waals surface area contributed by atoms with E-state index in [1.165, 1.54) is 11.8 Å². The smallest absolute Gasteiger partial charge is 0.416 e. The molecular weight excluding hydrogens is 434 g/mol. The molecule has 1 aromatic rings. The van der Waals surface area contributed by atoms with Gasteiger partial charge in [-0.25, -0.2) is 9.18 Å². The summed E-state index contributed by atoms with van der Waals surface area (Å²) in [6.07, 6.45) is -4.94. The van der Waals surface area contributed by atoms with Gasteiger partial charge in [0.2, 0.25) is 11.8 Å². The van der Waals surface area contributed by atoms with Crippen LogP contribution in [0.15, 0.2) is 18.2 Å². The molecule has 32 heavy (non-hydrogen) atoms. The molecule has 11 heteroatoms. The largest absolute Gasteiger partial charge is 0.444 e. The van der Waals surface area contributed by atoms with Gasteiger partial charge in [0.05, 0.1) is 5.56 Å². The number of nitrogens with one attached hydrogen (secondary N) is 2. The van der Waals surface area contributed by atoms with Crippen LogP contribution >= 0.6 is 0 Å². The van der Waals surface area contributed by atoms with E-state index >= 15 is 0 Å². The zero-order chi connectivity index (χ0) is 24.3. The van der Waals surface area contributed by atoms with Gasteiger partial charge in [-0.3, -0.25) is 9.59 Å². The standard InChI is InChI=1S/C21H27F4N3O4/c1-12(29)26-10-15-6-8-17(27-19(31)32-20(2,3)4)18(30)28(15)11-13-9-14(21(23,24)25)5-7-16(13)22/h5,7,9,15,17H,6,8,10-11H2,1-4H3,(H,26,29)(H,27,31)/t15-,17+/m0/s1. The van der Waals surface area contributed by atoms with Crippen molar-refractivity contribution in [1.29, 1.82) is 0 Å². The molecule has 1 aliphatic rings.